The van der Waals surface area contributed by atoms with Gasteiger partial charge in [-0.2, -0.15) is 0 Å². The minimum Gasteiger partial charge on any atom is -0.347 e. The van der Waals surface area contributed by atoms with Crippen LogP contribution in [0.15, 0.2) is 67.3 Å². The van der Waals surface area contributed by atoms with Crippen molar-refractivity contribution in [1.29, 1.82) is 0 Å². The van der Waals surface area contributed by atoms with Gasteiger partial charge in [-0.15, -0.1) is 6.58 Å². The molecule has 2 aromatic rings. The molecule has 0 saturated carbocycles. The Morgan fingerprint density at radius 1 is 1.14 bits per heavy atom. The first-order chi connectivity index (χ1) is 10.8. The van der Waals surface area contributed by atoms with E-state index >= 15 is 0 Å². The number of rotatable bonds is 6. The normalized spacial score (nSPS) is 17.6. The van der Waals surface area contributed by atoms with E-state index in [4.69, 9.17) is 4.74 Å². The number of carbonyl (C=O) groups is 1. The Hall–Kier alpha value is -2.39. The molecule has 1 aliphatic heterocycles. The van der Waals surface area contributed by atoms with Gasteiger partial charge in [-0.25, -0.2) is 0 Å². The first kappa shape index (κ1) is 14.5. The summed E-state index contributed by atoms with van der Waals surface area (Å²) in [5, 5.41) is 2.87. The predicted octanol–water partition coefficient (Wildman–Crippen LogP) is 3.63. The van der Waals surface area contributed by atoms with E-state index in [9.17, 15) is 4.79 Å². The van der Waals surface area contributed by atoms with E-state index in [1.807, 2.05) is 42.5 Å². The Labute approximate surface area is 130 Å². The van der Waals surface area contributed by atoms with Crippen molar-refractivity contribution in [3.63, 3.8) is 0 Å². The average molecular weight is 293 g/mol. The monoisotopic (exact) mass is 293 g/mol. The molecule has 3 rings (SSSR count). The molecule has 1 N–H and O–H groups in total. The number of aryl methyl sites for hydroxylation is 1. The smallest absolute Gasteiger partial charge is 0.253 e. The highest BCUT2D eigenvalue weighted by atomic mass is 16.5. The van der Waals surface area contributed by atoms with E-state index in [2.05, 4.69) is 24.0 Å². The van der Waals surface area contributed by atoms with Crippen molar-refractivity contribution in [3.8, 4) is 0 Å². The molecule has 3 heteroatoms. The fraction of sp³-hybridized carbons (Fsp3) is 0.211. The van der Waals surface area contributed by atoms with Crippen molar-refractivity contribution < 1.29 is 9.53 Å². The van der Waals surface area contributed by atoms with E-state index in [1.165, 1.54) is 5.56 Å². The van der Waals surface area contributed by atoms with Crippen LogP contribution in [0.4, 0.5) is 0 Å². The molecule has 0 radical (unpaired) electrons. The molecule has 2 atom stereocenters. The van der Waals surface area contributed by atoms with Crippen LogP contribution in [0.5, 0.6) is 0 Å². The Bertz CT molecular complexity index is 666. The fourth-order valence-corrected chi connectivity index (χ4v) is 2.68. The lowest BCUT2D eigenvalue weighted by Crippen LogP contribution is -2.25. The molecule has 1 aliphatic rings. The number of amides is 1. The van der Waals surface area contributed by atoms with Gasteiger partial charge in [0.1, 0.15) is 0 Å². The van der Waals surface area contributed by atoms with Crippen molar-refractivity contribution in [3.05, 3.63) is 83.9 Å². The maximum absolute atomic E-state index is 11.9. The van der Waals surface area contributed by atoms with E-state index in [1.54, 1.807) is 6.08 Å². The fourth-order valence-electron chi connectivity index (χ4n) is 2.68. The minimum absolute atomic E-state index is 0.0773. The molecule has 1 heterocycles. The van der Waals surface area contributed by atoms with Gasteiger partial charge < -0.3 is 10.1 Å². The summed E-state index contributed by atoms with van der Waals surface area (Å²) in [4.78, 5) is 11.9. The highest BCUT2D eigenvalue weighted by Crippen LogP contribution is 2.27. The quantitative estimate of drug-likeness (QED) is 0.826. The molecule has 0 unspecified atom stereocenters. The number of hydrogen-bond donors (Lipinski definition) is 1. The van der Waals surface area contributed by atoms with Gasteiger partial charge in [0, 0.05) is 11.1 Å². The summed E-state index contributed by atoms with van der Waals surface area (Å²) in [5.74, 6) is -0.0773. The first-order valence-corrected chi connectivity index (χ1v) is 7.49. The van der Waals surface area contributed by atoms with Gasteiger partial charge in [0.25, 0.3) is 5.91 Å². The highest BCUT2D eigenvalue weighted by molar-refractivity contribution is 5.98. The van der Waals surface area contributed by atoms with Crippen molar-refractivity contribution in [2.45, 2.75) is 25.2 Å². The minimum atomic E-state index is -0.387. The second kappa shape index (κ2) is 6.58. The van der Waals surface area contributed by atoms with E-state index < -0.39 is 0 Å². The van der Waals surface area contributed by atoms with Gasteiger partial charge in [0.2, 0.25) is 0 Å². The number of ether oxygens (including phenoxy) is 1. The largest absolute Gasteiger partial charge is 0.347 e. The zero-order valence-corrected chi connectivity index (χ0v) is 12.4. The Kier molecular flexibility index (Phi) is 4.35. The predicted molar refractivity (Wildman–Crippen MR) is 86.5 cm³/mol. The van der Waals surface area contributed by atoms with Crippen LogP contribution in [0.1, 0.15) is 34.1 Å². The van der Waals surface area contributed by atoms with Crippen LogP contribution in [0.2, 0.25) is 0 Å². The number of nitrogens with one attached hydrogen (secondary N) is 1. The third-order valence-electron chi connectivity index (χ3n) is 3.88. The molecule has 3 nitrogen and oxygen atoms in total. The summed E-state index contributed by atoms with van der Waals surface area (Å²) in [6.45, 7) is 3.85. The van der Waals surface area contributed by atoms with Crippen LogP contribution in [-0.4, -0.2) is 12.0 Å². The number of benzene rings is 2. The maximum atomic E-state index is 11.9. The second-order valence-electron chi connectivity index (χ2n) is 5.38. The van der Waals surface area contributed by atoms with E-state index in [0.29, 0.717) is 5.56 Å². The van der Waals surface area contributed by atoms with Crippen molar-refractivity contribution in [2.75, 3.05) is 0 Å². The van der Waals surface area contributed by atoms with Crippen LogP contribution in [-0.2, 0) is 11.2 Å². The maximum Gasteiger partial charge on any atom is 0.253 e. The molecule has 0 aromatic heterocycles. The van der Waals surface area contributed by atoms with Crippen LogP contribution < -0.4 is 5.32 Å². The molecule has 1 amide bonds. The molecule has 112 valence electrons. The SMILES string of the molecule is C=C[C@@H](CCc1ccccc1)O[C@H]1NC(=O)c2ccccc21. The molecular weight excluding hydrogens is 274 g/mol. The Morgan fingerprint density at radius 3 is 2.64 bits per heavy atom. The zero-order valence-electron chi connectivity index (χ0n) is 12.4. The second-order valence-corrected chi connectivity index (χ2v) is 5.38. The summed E-state index contributed by atoms with van der Waals surface area (Å²) < 4.78 is 6.03. The third kappa shape index (κ3) is 3.10. The average Bonchev–Trinajstić information content (AvgIpc) is 2.89. The lowest BCUT2D eigenvalue weighted by atomic mass is 10.1. The van der Waals surface area contributed by atoms with E-state index in [-0.39, 0.29) is 18.2 Å². The molecule has 0 fully saturated rings. The highest BCUT2D eigenvalue weighted by Gasteiger charge is 2.29. The van der Waals surface area contributed by atoms with Crippen molar-refractivity contribution >= 4 is 5.91 Å². The summed E-state index contributed by atoms with van der Waals surface area (Å²) in [6.07, 6.45) is 3.07. The molecule has 0 bridgehead atoms. The number of fused-ring (bicyclic) bond motifs is 1. The summed E-state index contributed by atoms with van der Waals surface area (Å²) in [7, 11) is 0. The zero-order chi connectivity index (χ0) is 15.4. The van der Waals surface area contributed by atoms with Crippen LogP contribution in [0.25, 0.3) is 0 Å². The molecule has 0 spiro atoms. The summed E-state index contributed by atoms with van der Waals surface area (Å²) >= 11 is 0. The Morgan fingerprint density at radius 2 is 1.86 bits per heavy atom. The Balaban J connectivity index is 1.64. The van der Waals surface area contributed by atoms with Gasteiger partial charge in [-0.3, -0.25) is 4.79 Å². The first-order valence-electron chi connectivity index (χ1n) is 7.49. The van der Waals surface area contributed by atoms with Gasteiger partial charge in [0.05, 0.1) is 6.10 Å². The van der Waals surface area contributed by atoms with Crippen molar-refractivity contribution in [1.82, 2.24) is 5.32 Å². The topological polar surface area (TPSA) is 38.3 Å². The standard InChI is InChI=1S/C19H19NO2/c1-2-15(13-12-14-8-4-3-5-9-14)22-19-17-11-7-6-10-16(17)18(21)20-19/h2-11,15,19H,1,12-13H2,(H,20,21)/t15-,19+/m0/s1. The molecule has 0 aliphatic carbocycles. The molecule has 0 saturated heterocycles. The third-order valence-corrected chi connectivity index (χ3v) is 3.88. The van der Waals surface area contributed by atoms with Crippen LogP contribution >= 0.6 is 0 Å². The summed E-state index contributed by atoms with van der Waals surface area (Å²) in [5.41, 5.74) is 2.87. The van der Waals surface area contributed by atoms with Crippen LogP contribution in [0, 0.1) is 0 Å². The van der Waals surface area contributed by atoms with Crippen LogP contribution in [0.3, 0.4) is 0 Å². The van der Waals surface area contributed by atoms with Gasteiger partial charge in [0.15, 0.2) is 6.23 Å². The molecular formula is C19H19NO2. The molecule has 2 aromatic carbocycles. The molecule has 22 heavy (non-hydrogen) atoms. The lowest BCUT2D eigenvalue weighted by molar-refractivity contribution is -0.00345. The number of hydrogen-bond acceptors (Lipinski definition) is 2. The lowest BCUT2D eigenvalue weighted by Gasteiger charge is -2.20. The van der Waals surface area contributed by atoms with Crippen molar-refractivity contribution in [2.24, 2.45) is 0 Å². The number of carbonyl (C=O) groups excluding carboxylic acids is 1. The summed E-state index contributed by atoms with van der Waals surface area (Å²) in [6, 6.07) is 17.8. The van der Waals surface area contributed by atoms with Gasteiger partial charge in [-0.1, -0.05) is 54.6 Å². The van der Waals surface area contributed by atoms with E-state index in [0.717, 1.165) is 18.4 Å². The van der Waals surface area contributed by atoms with Gasteiger partial charge in [-0.05, 0) is 24.5 Å². The van der Waals surface area contributed by atoms with Gasteiger partial charge >= 0.3 is 0 Å².